The molecule has 0 radical (unpaired) electrons. The Morgan fingerprint density at radius 3 is 2.14 bits per heavy atom. The Morgan fingerprint density at radius 2 is 1.64 bits per heavy atom. The summed E-state index contributed by atoms with van der Waals surface area (Å²) >= 11 is 0. The van der Waals surface area contributed by atoms with E-state index >= 15 is 0 Å². The molecule has 78 valence electrons. The molecule has 1 aromatic rings. The topological polar surface area (TPSA) is 9.23 Å². The molecule has 0 saturated carbocycles. The normalized spacial score (nSPS) is 13.0. The van der Waals surface area contributed by atoms with E-state index in [0.29, 0.717) is 5.92 Å². The van der Waals surface area contributed by atoms with Crippen LogP contribution >= 0.6 is 0 Å². The van der Waals surface area contributed by atoms with Crippen LogP contribution in [0, 0.1) is 19.8 Å². The van der Waals surface area contributed by atoms with Gasteiger partial charge in [0.2, 0.25) is 0 Å². The number of hydrogen-bond acceptors (Lipinski definition) is 1. The smallest absolute Gasteiger partial charge is 0.119 e. The Kier molecular flexibility index (Phi) is 3.56. The summed E-state index contributed by atoms with van der Waals surface area (Å²) in [6.45, 7) is 10.7. The van der Waals surface area contributed by atoms with Crippen molar-refractivity contribution in [1.82, 2.24) is 0 Å². The number of benzene rings is 1. The molecule has 1 rings (SSSR count). The van der Waals surface area contributed by atoms with Gasteiger partial charge in [-0.05, 0) is 49.9 Å². The summed E-state index contributed by atoms with van der Waals surface area (Å²) in [7, 11) is 0. The van der Waals surface area contributed by atoms with Crippen molar-refractivity contribution in [2.24, 2.45) is 5.92 Å². The van der Waals surface area contributed by atoms with Gasteiger partial charge in [0.1, 0.15) is 5.75 Å². The van der Waals surface area contributed by atoms with E-state index in [4.69, 9.17) is 4.74 Å². The van der Waals surface area contributed by atoms with Gasteiger partial charge in [0, 0.05) is 0 Å². The monoisotopic (exact) mass is 192 g/mol. The SMILES string of the molecule is Cc1ccc(OC(C)C(C)C)cc1C. The summed E-state index contributed by atoms with van der Waals surface area (Å²) in [6.07, 6.45) is 0.275. The van der Waals surface area contributed by atoms with E-state index in [9.17, 15) is 0 Å². The summed E-state index contributed by atoms with van der Waals surface area (Å²) < 4.78 is 5.81. The van der Waals surface area contributed by atoms with Crippen LogP contribution in [0.4, 0.5) is 0 Å². The lowest BCUT2D eigenvalue weighted by atomic mass is 10.1. The van der Waals surface area contributed by atoms with Crippen LogP contribution in [-0.2, 0) is 0 Å². The van der Waals surface area contributed by atoms with Crippen LogP contribution in [-0.4, -0.2) is 6.10 Å². The molecule has 0 spiro atoms. The second-order valence-electron chi connectivity index (χ2n) is 4.31. The zero-order valence-electron chi connectivity index (χ0n) is 9.79. The van der Waals surface area contributed by atoms with Crippen molar-refractivity contribution in [3.8, 4) is 5.75 Å². The molecule has 0 fully saturated rings. The highest BCUT2D eigenvalue weighted by atomic mass is 16.5. The number of rotatable bonds is 3. The molecule has 0 bridgehead atoms. The van der Waals surface area contributed by atoms with E-state index in [-0.39, 0.29) is 6.10 Å². The van der Waals surface area contributed by atoms with Gasteiger partial charge in [-0.25, -0.2) is 0 Å². The van der Waals surface area contributed by atoms with Gasteiger partial charge in [-0.2, -0.15) is 0 Å². The second kappa shape index (κ2) is 4.50. The van der Waals surface area contributed by atoms with Crippen LogP contribution < -0.4 is 4.74 Å². The fraction of sp³-hybridized carbons (Fsp3) is 0.538. The average Bonchev–Trinajstić information content (AvgIpc) is 2.11. The maximum absolute atomic E-state index is 5.81. The highest BCUT2D eigenvalue weighted by Gasteiger charge is 2.08. The minimum atomic E-state index is 0.275. The van der Waals surface area contributed by atoms with E-state index in [2.05, 4.69) is 46.8 Å². The molecule has 1 heteroatoms. The van der Waals surface area contributed by atoms with Gasteiger partial charge >= 0.3 is 0 Å². The van der Waals surface area contributed by atoms with Crippen molar-refractivity contribution in [2.45, 2.75) is 40.7 Å². The quantitative estimate of drug-likeness (QED) is 0.709. The minimum Gasteiger partial charge on any atom is -0.490 e. The van der Waals surface area contributed by atoms with Crippen LogP contribution in [0.15, 0.2) is 18.2 Å². The molecule has 0 aliphatic heterocycles. The van der Waals surface area contributed by atoms with Crippen LogP contribution in [0.25, 0.3) is 0 Å². The fourth-order valence-electron chi connectivity index (χ4n) is 1.14. The Bertz CT molecular complexity index is 302. The number of ether oxygens (including phenoxy) is 1. The Hall–Kier alpha value is -0.980. The Balaban J connectivity index is 2.73. The van der Waals surface area contributed by atoms with Gasteiger partial charge in [0.05, 0.1) is 6.10 Å². The molecule has 0 N–H and O–H groups in total. The van der Waals surface area contributed by atoms with Gasteiger partial charge in [-0.1, -0.05) is 19.9 Å². The van der Waals surface area contributed by atoms with Gasteiger partial charge in [-0.15, -0.1) is 0 Å². The predicted molar refractivity (Wildman–Crippen MR) is 60.8 cm³/mol. The first-order valence-electron chi connectivity index (χ1n) is 5.24. The third kappa shape index (κ3) is 2.76. The summed E-state index contributed by atoms with van der Waals surface area (Å²) in [5.41, 5.74) is 2.60. The van der Waals surface area contributed by atoms with E-state index in [0.717, 1.165) is 5.75 Å². The van der Waals surface area contributed by atoms with E-state index in [1.807, 2.05) is 6.07 Å². The van der Waals surface area contributed by atoms with Gasteiger partial charge in [0.15, 0.2) is 0 Å². The van der Waals surface area contributed by atoms with Gasteiger partial charge in [-0.3, -0.25) is 0 Å². The first kappa shape index (κ1) is 11.1. The molecule has 14 heavy (non-hydrogen) atoms. The van der Waals surface area contributed by atoms with Gasteiger partial charge in [0.25, 0.3) is 0 Å². The highest BCUT2D eigenvalue weighted by Crippen LogP contribution is 2.19. The van der Waals surface area contributed by atoms with E-state index < -0.39 is 0 Å². The van der Waals surface area contributed by atoms with Crippen molar-refractivity contribution in [1.29, 1.82) is 0 Å². The van der Waals surface area contributed by atoms with Crippen LogP contribution in [0.5, 0.6) is 5.75 Å². The highest BCUT2D eigenvalue weighted by molar-refractivity contribution is 5.33. The lowest BCUT2D eigenvalue weighted by molar-refractivity contribution is 0.170. The van der Waals surface area contributed by atoms with E-state index in [1.165, 1.54) is 11.1 Å². The third-order valence-electron chi connectivity index (χ3n) is 2.74. The summed E-state index contributed by atoms with van der Waals surface area (Å²) in [5, 5.41) is 0. The van der Waals surface area contributed by atoms with Crippen LogP contribution in [0.3, 0.4) is 0 Å². The lowest BCUT2D eigenvalue weighted by Gasteiger charge is -2.18. The number of aryl methyl sites for hydroxylation is 2. The zero-order chi connectivity index (χ0) is 10.7. The van der Waals surface area contributed by atoms with Crippen molar-refractivity contribution >= 4 is 0 Å². The van der Waals surface area contributed by atoms with Crippen LogP contribution in [0.1, 0.15) is 31.9 Å². The molecular weight excluding hydrogens is 172 g/mol. The summed E-state index contributed by atoms with van der Waals surface area (Å²) in [6, 6.07) is 6.26. The maximum Gasteiger partial charge on any atom is 0.119 e. The van der Waals surface area contributed by atoms with Crippen molar-refractivity contribution in [3.63, 3.8) is 0 Å². The first-order valence-corrected chi connectivity index (χ1v) is 5.24. The van der Waals surface area contributed by atoms with Crippen molar-refractivity contribution in [2.75, 3.05) is 0 Å². The Labute approximate surface area is 87.1 Å². The summed E-state index contributed by atoms with van der Waals surface area (Å²) in [5.74, 6) is 1.53. The van der Waals surface area contributed by atoms with E-state index in [1.54, 1.807) is 0 Å². The predicted octanol–water partition coefficient (Wildman–Crippen LogP) is 3.73. The minimum absolute atomic E-state index is 0.275. The number of hydrogen-bond donors (Lipinski definition) is 0. The molecule has 0 aliphatic carbocycles. The third-order valence-corrected chi connectivity index (χ3v) is 2.74. The molecular formula is C13H20O. The molecule has 1 aromatic carbocycles. The first-order chi connectivity index (χ1) is 6.50. The lowest BCUT2D eigenvalue weighted by Crippen LogP contribution is -2.18. The Morgan fingerprint density at radius 1 is 1.00 bits per heavy atom. The molecule has 0 aliphatic rings. The van der Waals surface area contributed by atoms with Crippen molar-refractivity contribution in [3.05, 3.63) is 29.3 Å². The maximum atomic E-state index is 5.81. The molecule has 0 saturated heterocycles. The average molecular weight is 192 g/mol. The molecule has 0 aromatic heterocycles. The zero-order valence-corrected chi connectivity index (χ0v) is 9.79. The molecule has 0 amide bonds. The second-order valence-corrected chi connectivity index (χ2v) is 4.31. The molecule has 1 atom stereocenters. The largest absolute Gasteiger partial charge is 0.490 e. The summed E-state index contributed by atoms with van der Waals surface area (Å²) in [4.78, 5) is 0. The fourth-order valence-corrected chi connectivity index (χ4v) is 1.14. The molecule has 0 heterocycles. The molecule has 1 nitrogen and oxygen atoms in total. The standard InChI is InChI=1S/C13H20O/c1-9(2)12(5)14-13-7-6-10(3)11(4)8-13/h6-9,12H,1-5H3. The van der Waals surface area contributed by atoms with Crippen LogP contribution in [0.2, 0.25) is 0 Å². The van der Waals surface area contributed by atoms with Crippen molar-refractivity contribution < 1.29 is 4.74 Å². The molecule has 1 unspecified atom stereocenters. The van der Waals surface area contributed by atoms with Gasteiger partial charge < -0.3 is 4.74 Å².